The van der Waals surface area contributed by atoms with E-state index >= 15 is 0 Å². The number of para-hydroxylation sites is 2. The number of methoxy groups -OCH3 is 1. The number of benzene rings is 2. The lowest BCUT2D eigenvalue weighted by atomic mass is 10.2. The molecule has 0 bridgehead atoms. The smallest absolute Gasteiger partial charge is 0.128 e. The summed E-state index contributed by atoms with van der Waals surface area (Å²) in [5, 5.41) is 0. The maximum Gasteiger partial charge on any atom is 0.128 e. The van der Waals surface area contributed by atoms with Crippen molar-refractivity contribution >= 4 is 11.0 Å². The van der Waals surface area contributed by atoms with E-state index in [9.17, 15) is 0 Å². The Morgan fingerprint density at radius 3 is 2.72 bits per heavy atom. The molecule has 0 saturated carbocycles. The van der Waals surface area contributed by atoms with Crippen molar-refractivity contribution in [2.45, 2.75) is 19.5 Å². The van der Waals surface area contributed by atoms with Crippen molar-refractivity contribution in [2.24, 2.45) is 0 Å². The summed E-state index contributed by atoms with van der Waals surface area (Å²) in [6, 6.07) is 16.8. The predicted molar refractivity (Wildman–Crippen MR) is 98.3 cm³/mol. The second-order valence-electron chi connectivity index (χ2n) is 6.44. The first-order chi connectivity index (χ1) is 12.3. The van der Waals surface area contributed by atoms with E-state index in [0.29, 0.717) is 6.04 Å². The Morgan fingerprint density at radius 1 is 1.16 bits per heavy atom. The Balaban J connectivity index is 1.77. The van der Waals surface area contributed by atoms with E-state index < -0.39 is 0 Å². The molecule has 0 radical (unpaired) electrons. The highest BCUT2D eigenvalue weighted by Gasteiger charge is 2.22. The highest BCUT2D eigenvalue weighted by molar-refractivity contribution is 5.78. The molecule has 0 amide bonds. The second-order valence-corrected chi connectivity index (χ2v) is 6.44. The highest BCUT2D eigenvalue weighted by Crippen LogP contribution is 2.25. The number of imidazole rings is 1. The molecular weight excluding hydrogens is 314 g/mol. The average molecular weight is 337 g/mol. The van der Waals surface area contributed by atoms with Gasteiger partial charge in [0.1, 0.15) is 11.6 Å². The molecule has 1 fully saturated rings. The van der Waals surface area contributed by atoms with Crippen LogP contribution in [-0.2, 0) is 11.3 Å². The summed E-state index contributed by atoms with van der Waals surface area (Å²) in [5.74, 6) is 1.91. The first-order valence-electron chi connectivity index (χ1n) is 8.69. The van der Waals surface area contributed by atoms with Crippen LogP contribution in [-0.4, -0.2) is 47.4 Å². The largest absolute Gasteiger partial charge is 0.497 e. The Morgan fingerprint density at radius 2 is 1.96 bits per heavy atom. The third-order valence-electron chi connectivity index (χ3n) is 4.81. The van der Waals surface area contributed by atoms with E-state index in [4.69, 9.17) is 14.5 Å². The van der Waals surface area contributed by atoms with Crippen molar-refractivity contribution in [1.82, 2.24) is 14.5 Å². The number of fused-ring (bicyclic) bond motifs is 1. The number of rotatable bonds is 4. The van der Waals surface area contributed by atoms with Gasteiger partial charge in [-0.3, -0.25) is 9.47 Å². The van der Waals surface area contributed by atoms with Crippen LogP contribution in [0, 0.1) is 0 Å². The van der Waals surface area contributed by atoms with Crippen LogP contribution >= 0.6 is 0 Å². The van der Waals surface area contributed by atoms with Crippen LogP contribution in [0.1, 0.15) is 12.7 Å². The van der Waals surface area contributed by atoms with Gasteiger partial charge in [-0.05, 0) is 43.3 Å². The molecule has 1 unspecified atom stereocenters. The summed E-state index contributed by atoms with van der Waals surface area (Å²) in [7, 11) is 1.69. The molecule has 2 heterocycles. The molecule has 130 valence electrons. The predicted octanol–water partition coefficient (Wildman–Crippen LogP) is 3.25. The van der Waals surface area contributed by atoms with E-state index in [2.05, 4.69) is 46.7 Å². The molecule has 25 heavy (non-hydrogen) atoms. The Kier molecular flexibility index (Phi) is 4.42. The maximum atomic E-state index is 5.57. The molecule has 1 aliphatic heterocycles. The zero-order valence-electron chi connectivity index (χ0n) is 14.7. The summed E-state index contributed by atoms with van der Waals surface area (Å²) in [6.07, 6.45) is 0. The first-order valence-corrected chi connectivity index (χ1v) is 8.69. The van der Waals surface area contributed by atoms with Gasteiger partial charge < -0.3 is 9.47 Å². The minimum absolute atomic E-state index is 0.401. The third kappa shape index (κ3) is 3.13. The molecule has 1 aliphatic rings. The highest BCUT2D eigenvalue weighted by atomic mass is 16.5. The molecule has 1 saturated heterocycles. The van der Waals surface area contributed by atoms with Crippen LogP contribution in [0.4, 0.5) is 0 Å². The van der Waals surface area contributed by atoms with Crippen molar-refractivity contribution in [3.05, 3.63) is 54.4 Å². The maximum absolute atomic E-state index is 5.57. The molecule has 2 aromatic carbocycles. The molecule has 0 spiro atoms. The van der Waals surface area contributed by atoms with Crippen LogP contribution in [0.5, 0.6) is 5.75 Å². The monoisotopic (exact) mass is 337 g/mol. The molecule has 5 nitrogen and oxygen atoms in total. The van der Waals surface area contributed by atoms with Gasteiger partial charge in [-0.1, -0.05) is 12.1 Å². The minimum Gasteiger partial charge on any atom is -0.497 e. The van der Waals surface area contributed by atoms with Crippen LogP contribution in [0.3, 0.4) is 0 Å². The van der Waals surface area contributed by atoms with Gasteiger partial charge in [0.15, 0.2) is 0 Å². The fourth-order valence-corrected chi connectivity index (χ4v) is 3.38. The lowest BCUT2D eigenvalue weighted by molar-refractivity contribution is -0.00561. The van der Waals surface area contributed by atoms with Crippen molar-refractivity contribution < 1.29 is 9.47 Å². The SMILES string of the molecule is COc1ccc(-n2c(CN3CCOCC3C)nc3ccccc32)cc1. The quantitative estimate of drug-likeness (QED) is 0.733. The van der Waals surface area contributed by atoms with Crippen molar-refractivity contribution in [2.75, 3.05) is 26.9 Å². The zero-order chi connectivity index (χ0) is 17.2. The number of ether oxygens (including phenoxy) is 2. The molecule has 5 heteroatoms. The van der Waals surface area contributed by atoms with Gasteiger partial charge in [0.25, 0.3) is 0 Å². The number of hydrogen-bond acceptors (Lipinski definition) is 4. The van der Waals surface area contributed by atoms with Gasteiger partial charge in [-0.15, -0.1) is 0 Å². The second kappa shape index (κ2) is 6.86. The summed E-state index contributed by atoms with van der Waals surface area (Å²) in [4.78, 5) is 7.34. The van der Waals surface area contributed by atoms with Gasteiger partial charge in [-0.2, -0.15) is 0 Å². The summed E-state index contributed by atoms with van der Waals surface area (Å²) in [5.41, 5.74) is 3.25. The first kappa shape index (κ1) is 16.1. The van der Waals surface area contributed by atoms with E-state index in [1.165, 1.54) is 0 Å². The molecule has 0 aliphatic carbocycles. The van der Waals surface area contributed by atoms with Gasteiger partial charge in [-0.25, -0.2) is 4.98 Å². The Labute approximate surface area is 147 Å². The van der Waals surface area contributed by atoms with Crippen molar-refractivity contribution in [3.63, 3.8) is 0 Å². The normalized spacial score (nSPS) is 18.6. The Hall–Kier alpha value is -2.37. The van der Waals surface area contributed by atoms with Gasteiger partial charge in [0.05, 0.1) is 37.9 Å². The van der Waals surface area contributed by atoms with Crippen LogP contribution in [0.25, 0.3) is 16.7 Å². The average Bonchev–Trinajstić information content (AvgIpc) is 3.01. The third-order valence-corrected chi connectivity index (χ3v) is 4.81. The summed E-state index contributed by atoms with van der Waals surface area (Å²) in [6.45, 7) is 5.52. The molecule has 0 N–H and O–H groups in total. The van der Waals surface area contributed by atoms with E-state index in [0.717, 1.165) is 54.6 Å². The number of hydrogen-bond donors (Lipinski definition) is 0. The Bertz CT molecular complexity index is 857. The van der Waals surface area contributed by atoms with Gasteiger partial charge >= 0.3 is 0 Å². The number of aromatic nitrogens is 2. The molecule has 3 aromatic rings. The van der Waals surface area contributed by atoms with Crippen molar-refractivity contribution in [3.8, 4) is 11.4 Å². The molecular formula is C20H23N3O2. The lowest BCUT2D eigenvalue weighted by Crippen LogP contribution is -2.43. The van der Waals surface area contributed by atoms with Gasteiger partial charge in [0, 0.05) is 18.3 Å². The zero-order valence-corrected chi connectivity index (χ0v) is 14.7. The lowest BCUT2D eigenvalue weighted by Gasteiger charge is -2.32. The molecule has 4 rings (SSSR count). The summed E-state index contributed by atoms with van der Waals surface area (Å²) < 4.78 is 13.1. The number of morpholine rings is 1. The fourth-order valence-electron chi connectivity index (χ4n) is 3.38. The van der Waals surface area contributed by atoms with Crippen LogP contribution in [0.2, 0.25) is 0 Å². The van der Waals surface area contributed by atoms with Crippen LogP contribution < -0.4 is 4.74 Å². The van der Waals surface area contributed by atoms with E-state index in [1.807, 2.05) is 18.2 Å². The van der Waals surface area contributed by atoms with Gasteiger partial charge in [0.2, 0.25) is 0 Å². The minimum atomic E-state index is 0.401. The topological polar surface area (TPSA) is 39.5 Å². The van der Waals surface area contributed by atoms with E-state index in [1.54, 1.807) is 7.11 Å². The van der Waals surface area contributed by atoms with Crippen molar-refractivity contribution in [1.29, 1.82) is 0 Å². The number of nitrogens with zero attached hydrogens (tertiary/aromatic N) is 3. The van der Waals surface area contributed by atoms with E-state index in [-0.39, 0.29) is 0 Å². The molecule has 1 aromatic heterocycles. The van der Waals surface area contributed by atoms with Crippen LogP contribution in [0.15, 0.2) is 48.5 Å². The molecule has 1 atom stereocenters. The fraction of sp³-hybridized carbons (Fsp3) is 0.350. The summed E-state index contributed by atoms with van der Waals surface area (Å²) >= 11 is 0. The standard InChI is InChI=1S/C20H23N3O2/c1-15-14-25-12-11-22(15)13-20-21-18-5-3-4-6-19(18)23(20)16-7-9-17(24-2)10-8-16/h3-10,15H,11-14H2,1-2H3.